The van der Waals surface area contributed by atoms with Gasteiger partial charge in [-0.3, -0.25) is 14.4 Å². The molecule has 2 aromatic rings. The van der Waals surface area contributed by atoms with Crippen LogP contribution in [0.1, 0.15) is 23.5 Å². The zero-order chi connectivity index (χ0) is 16.9. The van der Waals surface area contributed by atoms with Crippen LogP contribution in [0.2, 0.25) is 0 Å². The number of hydrogen-bond donors (Lipinski definition) is 0. The number of carbonyl (C=O) groups excluding carboxylic acids is 1. The molecule has 0 N–H and O–H groups in total. The quantitative estimate of drug-likeness (QED) is 0.814. The highest BCUT2D eigenvalue weighted by molar-refractivity contribution is 5.78. The number of rotatable bonds is 6. The van der Waals surface area contributed by atoms with Crippen molar-refractivity contribution >= 4 is 5.91 Å². The smallest absolute Gasteiger partial charge is 0.236 e. The van der Waals surface area contributed by atoms with E-state index in [1.807, 2.05) is 31.4 Å². The van der Waals surface area contributed by atoms with Crippen molar-refractivity contribution in [1.82, 2.24) is 19.6 Å². The van der Waals surface area contributed by atoms with Crippen molar-refractivity contribution in [2.45, 2.75) is 18.8 Å². The molecule has 0 aliphatic carbocycles. The fraction of sp³-hybridized carbons (Fsp3) is 0.474. The number of carbonyl (C=O) groups is 1. The van der Waals surface area contributed by atoms with Gasteiger partial charge in [0.2, 0.25) is 5.91 Å². The third-order valence-corrected chi connectivity index (χ3v) is 4.82. The predicted molar refractivity (Wildman–Crippen MR) is 94.8 cm³/mol. The number of nitrogens with zero attached hydrogens (tertiary/aromatic N) is 4. The summed E-state index contributed by atoms with van der Waals surface area (Å²) < 4.78 is 1.80. The average Bonchev–Trinajstić information content (AvgIpc) is 3.22. The summed E-state index contributed by atoms with van der Waals surface area (Å²) in [6.45, 7) is 3.24. The van der Waals surface area contributed by atoms with Crippen LogP contribution in [0.3, 0.4) is 0 Å². The van der Waals surface area contributed by atoms with Crippen LogP contribution in [0.15, 0.2) is 42.7 Å². The minimum absolute atomic E-state index is 0.201. The molecule has 0 bridgehead atoms. The Hall–Kier alpha value is -2.14. The van der Waals surface area contributed by atoms with Crippen LogP contribution < -0.4 is 0 Å². The van der Waals surface area contributed by atoms with Gasteiger partial charge in [0.15, 0.2) is 0 Å². The van der Waals surface area contributed by atoms with Crippen LogP contribution in [-0.2, 0) is 18.3 Å². The first kappa shape index (κ1) is 16.7. The molecular weight excluding hydrogens is 300 g/mol. The summed E-state index contributed by atoms with van der Waals surface area (Å²) in [7, 11) is 3.80. The molecule has 0 spiro atoms. The van der Waals surface area contributed by atoms with Crippen LogP contribution >= 0.6 is 0 Å². The lowest BCUT2D eigenvalue weighted by atomic mass is 9.99. The molecule has 5 heteroatoms. The molecule has 1 aromatic carbocycles. The Morgan fingerprint density at radius 1 is 1.33 bits per heavy atom. The van der Waals surface area contributed by atoms with Gasteiger partial charge in [0.25, 0.3) is 0 Å². The van der Waals surface area contributed by atoms with Gasteiger partial charge in [-0.2, -0.15) is 5.10 Å². The van der Waals surface area contributed by atoms with E-state index in [1.165, 1.54) is 11.1 Å². The zero-order valence-corrected chi connectivity index (χ0v) is 14.6. The van der Waals surface area contributed by atoms with Gasteiger partial charge in [-0.15, -0.1) is 0 Å². The molecule has 1 aliphatic heterocycles. The highest BCUT2D eigenvalue weighted by Crippen LogP contribution is 2.26. The summed E-state index contributed by atoms with van der Waals surface area (Å²) in [6, 6.07) is 10.6. The van der Waals surface area contributed by atoms with Gasteiger partial charge in [0, 0.05) is 33.4 Å². The minimum Gasteiger partial charge on any atom is -0.344 e. The largest absolute Gasteiger partial charge is 0.344 e. The Bertz CT molecular complexity index is 667. The number of aromatic nitrogens is 2. The summed E-state index contributed by atoms with van der Waals surface area (Å²) >= 11 is 0. The van der Waals surface area contributed by atoms with E-state index in [1.54, 1.807) is 4.68 Å². The number of benzene rings is 1. The maximum Gasteiger partial charge on any atom is 0.236 e. The average molecular weight is 326 g/mol. The number of amides is 1. The summed E-state index contributed by atoms with van der Waals surface area (Å²) in [5.41, 5.74) is 2.56. The maximum atomic E-state index is 12.4. The molecule has 128 valence electrons. The lowest BCUT2D eigenvalue weighted by molar-refractivity contribution is -0.130. The van der Waals surface area contributed by atoms with Gasteiger partial charge >= 0.3 is 0 Å². The number of likely N-dealkylation sites (N-methyl/N-ethyl adjacent to an activating group) is 1. The molecule has 0 saturated carbocycles. The molecule has 1 fully saturated rings. The maximum absolute atomic E-state index is 12.4. The minimum atomic E-state index is 0.201. The second kappa shape index (κ2) is 7.62. The Balaban J connectivity index is 1.45. The van der Waals surface area contributed by atoms with Crippen LogP contribution in [0, 0.1) is 0 Å². The SMILES string of the molecule is CN(CCc1cnn(C)c1)C(=O)CN1CCC(c2ccccc2)C1. The fourth-order valence-corrected chi connectivity index (χ4v) is 3.31. The summed E-state index contributed by atoms with van der Waals surface area (Å²) in [5.74, 6) is 0.757. The van der Waals surface area contributed by atoms with E-state index in [2.05, 4.69) is 40.3 Å². The molecule has 1 unspecified atom stereocenters. The molecule has 1 atom stereocenters. The molecule has 1 aromatic heterocycles. The predicted octanol–water partition coefficient (Wildman–Crippen LogP) is 1.91. The Morgan fingerprint density at radius 2 is 2.12 bits per heavy atom. The highest BCUT2D eigenvalue weighted by Gasteiger charge is 2.25. The van der Waals surface area contributed by atoms with Crippen molar-refractivity contribution in [3.05, 3.63) is 53.9 Å². The van der Waals surface area contributed by atoms with E-state index in [0.717, 1.165) is 32.5 Å². The van der Waals surface area contributed by atoms with Crippen molar-refractivity contribution in [3.63, 3.8) is 0 Å². The topological polar surface area (TPSA) is 41.4 Å². The van der Waals surface area contributed by atoms with E-state index in [4.69, 9.17) is 0 Å². The zero-order valence-electron chi connectivity index (χ0n) is 14.6. The van der Waals surface area contributed by atoms with E-state index < -0.39 is 0 Å². The van der Waals surface area contributed by atoms with E-state index in [0.29, 0.717) is 12.5 Å². The van der Waals surface area contributed by atoms with Crippen LogP contribution in [-0.4, -0.2) is 58.7 Å². The standard InChI is InChI=1S/C19H26N4O/c1-21(10-8-16-12-20-22(2)13-16)19(24)15-23-11-9-18(14-23)17-6-4-3-5-7-17/h3-7,12-13,18H,8-11,14-15H2,1-2H3. The first-order chi connectivity index (χ1) is 11.6. The fourth-order valence-electron chi connectivity index (χ4n) is 3.31. The van der Waals surface area contributed by atoms with Crippen LogP contribution in [0.4, 0.5) is 0 Å². The van der Waals surface area contributed by atoms with Gasteiger partial charge in [-0.1, -0.05) is 30.3 Å². The van der Waals surface area contributed by atoms with Crippen molar-refractivity contribution in [2.75, 3.05) is 33.2 Å². The second-order valence-electron chi connectivity index (χ2n) is 6.72. The lowest BCUT2D eigenvalue weighted by Crippen LogP contribution is -2.38. The first-order valence-electron chi connectivity index (χ1n) is 8.60. The third kappa shape index (κ3) is 4.23. The van der Waals surface area contributed by atoms with Crippen molar-refractivity contribution in [3.8, 4) is 0 Å². The summed E-state index contributed by atoms with van der Waals surface area (Å²) in [5, 5.41) is 4.16. The molecule has 2 heterocycles. The number of aryl methyl sites for hydroxylation is 1. The molecule has 24 heavy (non-hydrogen) atoms. The molecule has 1 saturated heterocycles. The Labute approximate surface area is 143 Å². The van der Waals surface area contributed by atoms with E-state index in [-0.39, 0.29) is 5.91 Å². The van der Waals surface area contributed by atoms with Gasteiger partial charge in [0.05, 0.1) is 12.7 Å². The Morgan fingerprint density at radius 3 is 2.83 bits per heavy atom. The van der Waals surface area contributed by atoms with Gasteiger partial charge in [-0.05, 0) is 36.4 Å². The lowest BCUT2D eigenvalue weighted by Gasteiger charge is -2.21. The van der Waals surface area contributed by atoms with Gasteiger partial charge < -0.3 is 4.90 Å². The van der Waals surface area contributed by atoms with Crippen molar-refractivity contribution < 1.29 is 4.79 Å². The number of hydrogen-bond acceptors (Lipinski definition) is 3. The normalized spacial score (nSPS) is 18.0. The van der Waals surface area contributed by atoms with Crippen LogP contribution in [0.25, 0.3) is 0 Å². The van der Waals surface area contributed by atoms with Gasteiger partial charge in [0.1, 0.15) is 0 Å². The molecular formula is C19H26N4O. The van der Waals surface area contributed by atoms with E-state index >= 15 is 0 Å². The Kier molecular flexibility index (Phi) is 5.30. The van der Waals surface area contributed by atoms with Crippen molar-refractivity contribution in [1.29, 1.82) is 0 Å². The summed E-state index contributed by atoms with van der Waals surface area (Å²) in [6.07, 6.45) is 5.85. The number of likely N-dealkylation sites (tertiary alicyclic amines) is 1. The van der Waals surface area contributed by atoms with Crippen LogP contribution in [0.5, 0.6) is 0 Å². The van der Waals surface area contributed by atoms with Crippen molar-refractivity contribution in [2.24, 2.45) is 7.05 Å². The van der Waals surface area contributed by atoms with Gasteiger partial charge in [-0.25, -0.2) is 0 Å². The molecule has 0 radical (unpaired) electrons. The summed E-state index contributed by atoms with van der Waals surface area (Å²) in [4.78, 5) is 16.5. The molecule has 5 nitrogen and oxygen atoms in total. The highest BCUT2D eigenvalue weighted by atomic mass is 16.2. The van der Waals surface area contributed by atoms with E-state index in [9.17, 15) is 4.79 Å². The third-order valence-electron chi connectivity index (χ3n) is 4.82. The first-order valence-corrected chi connectivity index (χ1v) is 8.60. The monoisotopic (exact) mass is 326 g/mol. The second-order valence-corrected chi connectivity index (χ2v) is 6.72. The molecule has 3 rings (SSSR count). The molecule has 1 amide bonds. The molecule has 1 aliphatic rings.